The summed E-state index contributed by atoms with van der Waals surface area (Å²) < 4.78 is 0. The molecule has 1 N–H and O–H groups in total. The molecule has 22 heavy (non-hydrogen) atoms. The molecule has 0 aliphatic rings. The fourth-order valence-electron chi connectivity index (χ4n) is 2.49. The molecule has 4 heteroatoms. The van der Waals surface area contributed by atoms with Crippen LogP contribution in [0.3, 0.4) is 0 Å². The average molecular weight is 315 g/mol. The van der Waals surface area contributed by atoms with Crippen LogP contribution in [0.1, 0.15) is 32.3 Å². The molecule has 0 spiro atoms. The molecule has 0 aromatic heterocycles. The molecule has 2 rings (SSSR count). The van der Waals surface area contributed by atoms with Crippen LogP contribution in [0.4, 0.5) is 0 Å². The molecule has 0 fully saturated rings. The van der Waals surface area contributed by atoms with Gasteiger partial charge in [-0.25, -0.2) is 0 Å². The summed E-state index contributed by atoms with van der Waals surface area (Å²) in [7, 11) is 0. The van der Waals surface area contributed by atoms with Crippen LogP contribution >= 0.6 is 11.6 Å². The van der Waals surface area contributed by atoms with Gasteiger partial charge in [-0.3, -0.25) is 4.79 Å². The predicted molar refractivity (Wildman–Crippen MR) is 89.7 cm³/mol. The number of nitrogens with one attached hydrogen (secondary N) is 1. The van der Waals surface area contributed by atoms with Gasteiger partial charge < -0.3 is 5.32 Å². The SMILES string of the molecule is CCC(C#N)(CC)NC(=O)Cc1ccc2cc(Cl)ccc2c1. The number of nitriles is 1. The first kappa shape index (κ1) is 16.3. The van der Waals surface area contributed by atoms with Crippen LogP contribution in [0, 0.1) is 11.3 Å². The lowest BCUT2D eigenvalue weighted by Gasteiger charge is -2.24. The standard InChI is InChI=1S/C18H19ClN2O/c1-3-18(4-2,12-20)21-17(22)10-13-5-6-15-11-16(19)8-7-14(15)9-13/h5-9,11H,3-4,10H2,1-2H3,(H,21,22). The summed E-state index contributed by atoms with van der Waals surface area (Å²) >= 11 is 5.97. The van der Waals surface area contributed by atoms with E-state index in [0.29, 0.717) is 17.9 Å². The third-order valence-electron chi connectivity index (χ3n) is 4.03. The highest BCUT2D eigenvalue weighted by atomic mass is 35.5. The highest BCUT2D eigenvalue weighted by Gasteiger charge is 2.27. The number of fused-ring (bicyclic) bond motifs is 1. The number of halogens is 1. The molecule has 0 saturated heterocycles. The first-order valence-electron chi connectivity index (χ1n) is 7.42. The maximum atomic E-state index is 12.2. The van der Waals surface area contributed by atoms with Crippen molar-refractivity contribution in [1.29, 1.82) is 5.26 Å². The van der Waals surface area contributed by atoms with Gasteiger partial charge in [0.25, 0.3) is 0 Å². The van der Waals surface area contributed by atoms with Gasteiger partial charge in [0.2, 0.25) is 5.91 Å². The van der Waals surface area contributed by atoms with E-state index in [-0.39, 0.29) is 12.3 Å². The van der Waals surface area contributed by atoms with Crippen molar-refractivity contribution in [2.45, 2.75) is 38.6 Å². The van der Waals surface area contributed by atoms with Crippen molar-refractivity contribution in [2.75, 3.05) is 0 Å². The van der Waals surface area contributed by atoms with Crippen molar-refractivity contribution in [1.82, 2.24) is 5.32 Å². The van der Waals surface area contributed by atoms with E-state index < -0.39 is 5.54 Å². The highest BCUT2D eigenvalue weighted by Crippen LogP contribution is 2.21. The van der Waals surface area contributed by atoms with Crippen molar-refractivity contribution in [3.8, 4) is 6.07 Å². The monoisotopic (exact) mass is 314 g/mol. The molecule has 0 saturated carbocycles. The molecule has 2 aromatic rings. The lowest BCUT2D eigenvalue weighted by atomic mass is 9.94. The number of carbonyl (C=O) groups excluding carboxylic acids is 1. The van der Waals surface area contributed by atoms with Gasteiger partial charge in [-0.05, 0) is 41.3 Å². The first-order chi connectivity index (χ1) is 10.5. The van der Waals surface area contributed by atoms with Crippen LogP contribution in [0.2, 0.25) is 5.02 Å². The van der Waals surface area contributed by atoms with Crippen molar-refractivity contribution < 1.29 is 4.79 Å². The molecule has 2 aromatic carbocycles. The van der Waals surface area contributed by atoms with Crippen LogP contribution in [0.5, 0.6) is 0 Å². The van der Waals surface area contributed by atoms with E-state index in [1.165, 1.54) is 0 Å². The molecule has 0 heterocycles. The molecular formula is C18H19ClN2O. The molecule has 0 unspecified atom stereocenters. The average Bonchev–Trinajstić information content (AvgIpc) is 2.53. The lowest BCUT2D eigenvalue weighted by molar-refractivity contribution is -0.121. The summed E-state index contributed by atoms with van der Waals surface area (Å²) in [4.78, 5) is 12.2. The van der Waals surface area contributed by atoms with E-state index in [4.69, 9.17) is 11.6 Å². The Morgan fingerprint density at radius 3 is 2.45 bits per heavy atom. The Labute approximate surface area is 135 Å². The topological polar surface area (TPSA) is 52.9 Å². The van der Waals surface area contributed by atoms with E-state index >= 15 is 0 Å². The second-order valence-corrected chi connectivity index (χ2v) is 5.89. The number of nitrogens with zero attached hydrogens (tertiary/aromatic N) is 1. The summed E-state index contributed by atoms with van der Waals surface area (Å²) in [5.41, 5.74) is 0.160. The molecular weight excluding hydrogens is 296 g/mol. The van der Waals surface area contributed by atoms with E-state index in [2.05, 4.69) is 11.4 Å². The number of amides is 1. The number of carbonyl (C=O) groups is 1. The van der Waals surface area contributed by atoms with Crippen molar-refractivity contribution in [3.63, 3.8) is 0 Å². The Morgan fingerprint density at radius 2 is 1.82 bits per heavy atom. The zero-order valence-corrected chi connectivity index (χ0v) is 13.6. The van der Waals surface area contributed by atoms with E-state index in [9.17, 15) is 10.1 Å². The highest BCUT2D eigenvalue weighted by molar-refractivity contribution is 6.31. The molecule has 114 valence electrons. The van der Waals surface area contributed by atoms with Crippen molar-refractivity contribution >= 4 is 28.3 Å². The summed E-state index contributed by atoms with van der Waals surface area (Å²) in [5.74, 6) is -0.126. The smallest absolute Gasteiger partial charge is 0.225 e. The number of rotatable bonds is 5. The Hall–Kier alpha value is -2.05. The van der Waals surface area contributed by atoms with Crippen LogP contribution in [0.25, 0.3) is 10.8 Å². The molecule has 0 atom stereocenters. The lowest BCUT2D eigenvalue weighted by Crippen LogP contribution is -2.47. The summed E-state index contributed by atoms with van der Waals surface area (Å²) in [6.07, 6.45) is 1.46. The minimum atomic E-state index is -0.762. The van der Waals surface area contributed by atoms with Gasteiger partial charge in [0.15, 0.2) is 0 Å². The first-order valence-corrected chi connectivity index (χ1v) is 7.80. The zero-order valence-electron chi connectivity index (χ0n) is 12.8. The van der Waals surface area contributed by atoms with Crippen LogP contribution < -0.4 is 5.32 Å². The fraction of sp³-hybridized carbons (Fsp3) is 0.333. The van der Waals surface area contributed by atoms with Crippen LogP contribution in [-0.2, 0) is 11.2 Å². The summed E-state index contributed by atoms with van der Waals surface area (Å²) in [6.45, 7) is 3.82. The Bertz CT molecular complexity index is 729. The molecule has 3 nitrogen and oxygen atoms in total. The predicted octanol–water partition coefficient (Wildman–Crippen LogP) is 4.23. The van der Waals surface area contributed by atoms with Gasteiger partial charge in [0.05, 0.1) is 12.5 Å². The number of hydrogen-bond acceptors (Lipinski definition) is 2. The van der Waals surface area contributed by atoms with E-state index in [1.54, 1.807) is 0 Å². The van der Waals surface area contributed by atoms with Gasteiger partial charge in [-0.1, -0.05) is 49.7 Å². The number of hydrogen-bond donors (Lipinski definition) is 1. The maximum Gasteiger partial charge on any atom is 0.225 e. The van der Waals surface area contributed by atoms with Crippen molar-refractivity contribution in [2.24, 2.45) is 0 Å². The third kappa shape index (κ3) is 3.58. The molecule has 0 aliphatic carbocycles. The van der Waals surface area contributed by atoms with E-state index in [1.807, 2.05) is 50.2 Å². The fourth-order valence-corrected chi connectivity index (χ4v) is 2.67. The molecule has 0 radical (unpaired) electrons. The van der Waals surface area contributed by atoms with Gasteiger partial charge in [0.1, 0.15) is 5.54 Å². The maximum absolute atomic E-state index is 12.2. The molecule has 1 amide bonds. The second-order valence-electron chi connectivity index (χ2n) is 5.45. The summed E-state index contributed by atoms with van der Waals surface area (Å²) in [6, 6.07) is 13.8. The molecule has 0 bridgehead atoms. The molecule has 0 aliphatic heterocycles. The van der Waals surface area contributed by atoms with Crippen LogP contribution in [0.15, 0.2) is 36.4 Å². The van der Waals surface area contributed by atoms with Gasteiger partial charge in [-0.2, -0.15) is 5.26 Å². The normalized spacial score (nSPS) is 11.2. The second kappa shape index (κ2) is 6.81. The minimum absolute atomic E-state index is 0.126. The number of benzene rings is 2. The summed E-state index contributed by atoms with van der Waals surface area (Å²) in [5, 5.41) is 14.9. The minimum Gasteiger partial charge on any atom is -0.338 e. The third-order valence-corrected chi connectivity index (χ3v) is 4.27. The van der Waals surface area contributed by atoms with E-state index in [0.717, 1.165) is 16.3 Å². The van der Waals surface area contributed by atoms with Crippen LogP contribution in [-0.4, -0.2) is 11.4 Å². The van der Waals surface area contributed by atoms with Gasteiger partial charge >= 0.3 is 0 Å². The van der Waals surface area contributed by atoms with Gasteiger partial charge in [-0.15, -0.1) is 0 Å². The Kier molecular flexibility index (Phi) is 5.05. The largest absolute Gasteiger partial charge is 0.338 e. The quantitative estimate of drug-likeness (QED) is 0.897. The van der Waals surface area contributed by atoms with Crippen molar-refractivity contribution in [3.05, 3.63) is 47.0 Å². The van der Waals surface area contributed by atoms with Gasteiger partial charge in [0, 0.05) is 5.02 Å². The Morgan fingerprint density at radius 1 is 1.18 bits per heavy atom. The Balaban J connectivity index is 2.15. The zero-order chi connectivity index (χ0) is 16.2.